The maximum Gasteiger partial charge on any atom is 0.357 e. The highest BCUT2D eigenvalue weighted by atomic mass is 16.7. The van der Waals surface area contributed by atoms with Crippen molar-refractivity contribution < 1.29 is 9.63 Å². The zero-order valence-corrected chi connectivity index (χ0v) is 14.5. The van der Waals surface area contributed by atoms with Gasteiger partial charge in [-0.2, -0.15) is 5.90 Å². The van der Waals surface area contributed by atoms with E-state index < -0.39 is 5.97 Å². The minimum Gasteiger partial charge on any atom is -0.378 e. The van der Waals surface area contributed by atoms with E-state index in [1.54, 1.807) is 12.2 Å². The van der Waals surface area contributed by atoms with Gasteiger partial charge in [0.05, 0.1) is 5.57 Å². The average molecular weight is 334 g/mol. The molecule has 25 heavy (non-hydrogen) atoms. The first-order valence-electron chi connectivity index (χ1n) is 7.84. The number of nitrogens with two attached hydrogens (primary N) is 1. The van der Waals surface area contributed by atoms with E-state index in [1.807, 2.05) is 79.7 Å². The number of hydrogen-bond donors (Lipinski definition) is 1. The summed E-state index contributed by atoms with van der Waals surface area (Å²) in [6.45, 7) is 3.99. The molecule has 0 amide bonds. The van der Waals surface area contributed by atoms with Crippen LogP contribution in [0.5, 0.6) is 0 Å². The Bertz CT molecular complexity index is 788. The number of carbonyl (C=O) groups is 1. The lowest BCUT2D eigenvalue weighted by atomic mass is 9.99. The SMILES string of the molecule is C=C(/C(=C\C=C\c1ccc(N(C)C)cc1)C(=O)ON)c1ccccc1. The zero-order chi connectivity index (χ0) is 18.2. The first-order chi connectivity index (χ1) is 12.0. The van der Waals surface area contributed by atoms with Gasteiger partial charge in [-0.25, -0.2) is 4.79 Å². The highest BCUT2D eigenvalue weighted by Crippen LogP contribution is 2.22. The number of nitrogens with zero attached hydrogens (tertiary/aromatic N) is 1. The van der Waals surface area contributed by atoms with Gasteiger partial charge in [-0.15, -0.1) is 0 Å². The maximum atomic E-state index is 12.0. The number of rotatable bonds is 6. The van der Waals surface area contributed by atoms with Crippen molar-refractivity contribution in [2.45, 2.75) is 0 Å². The number of anilines is 1. The molecule has 2 N–H and O–H groups in total. The van der Waals surface area contributed by atoms with Gasteiger partial charge in [-0.1, -0.05) is 61.2 Å². The Morgan fingerprint density at radius 3 is 2.28 bits per heavy atom. The third kappa shape index (κ3) is 4.93. The van der Waals surface area contributed by atoms with Crippen molar-refractivity contribution in [3.8, 4) is 0 Å². The van der Waals surface area contributed by atoms with Gasteiger partial charge >= 0.3 is 5.97 Å². The molecule has 0 saturated heterocycles. The molecule has 0 aliphatic carbocycles. The lowest BCUT2D eigenvalue weighted by Gasteiger charge is -2.11. The topological polar surface area (TPSA) is 55.6 Å². The number of carbonyl (C=O) groups excluding carboxylic acids is 1. The lowest BCUT2D eigenvalue weighted by molar-refractivity contribution is -0.139. The van der Waals surface area contributed by atoms with Crippen molar-refractivity contribution in [2.24, 2.45) is 5.90 Å². The minimum absolute atomic E-state index is 0.315. The van der Waals surface area contributed by atoms with Crippen LogP contribution in [0.15, 0.2) is 78.9 Å². The summed E-state index contributed by atoms with van der Waals surface area (Å²) < 4.78 is 0. The van der Waals surface area contributed by atoms with Crippen LogP contribution in [0.2, 0.25) is 0 Å². The summed E-state index contributed by atoms with van der Waals surface area (Å²) in [5.74, 6) is 4.43. The molecule has 0 saturated carbocycles. The molecule has 0 spiro atoms. The molecule has 0 heterocycles. The Balaban J connectivity index is 2.23. The molecule has 2 aromatic carbocycles. The number of benzene rings is 2. The van der Waals surface area contributed by atoms with E-state index >= 15 is 0 Å². The summed E-state index contributed by atoms with van der Waals surface area (Å²) in [6.07, 6.45) is 5.34. The summed E-state index contributed by atoms with van der Waals surface area (Å²) >= 11 is 0. The molecule has 0 fully saturated rings. The van der Waals surface area contributed by atoms with Gasteiger partial charge in [0, 0.05) is 19.8 Å². The lowest BCUT2D eigenvalue weighted by Crippen LogP contribution is -2.13. The van der Waals surface area contributed by atoms with Gasteiger partial charge in [-0.05, 0) is 34.9 Å². The Morgan fingerprint density at radius 1 is 1.08 bits per heavy atom. The van der Waals surface area contributed by atoms with Gasteiger partial charge in [0.1, 0.15) is 0 Å². The fourth-order valence-corrected chi connectivity index (χ4v) is 2.29. The van der Waals surface area contributed by atoms with Crippen LogP contribution in [0.4, 0.5) is 5.69 Å². The minimum atomic E-state index is -0.624. The quantitative estimate of drug-likeness (QED) is 0.496. The van der Waals surface area contributed by atoms with Crippen molar-refractivity contribution in [2.75, 3.05) is 19.0 Å². The van der Waals surface area contributed by atoms with Crippen LogP contribution in [-0.4, -0.2) is 20.1 Å². The van der Waals surface area contributed by atoms with Crippen molar-refractivity contribution in [3.05, 3.63) is 90.0 Å². The summed E-state index contributed by atoms with van der Waals surface area (Å²) in [5.41, 5.74) is 3.85. The van der Waals surface area contributed by atoms with E-state index in [4.69, 9.17) is 5.90 Å². The number of hydrogen-bond acceptors (Lipinski definition) is 4. The largest absolute Gasteiger partial charge is 0.378 e. The first-order valence-corrected chi connectivity index (χ1v) is 7.84. The van der Waals surface area contributed by atoms with E-state index in [9.17, 15) is 4.79 Å². The van der Waals surface area contributed by atoms with Crippen LogP contribution in [-0.2, 0) is 9.63 Å². The summed E-state index contributed by atoms with van der Waals surface area (Å²) in [5, 5.41) is 0. The summed E-state index contributed by atoms with van der Waals surface area (Å²) in [7, 11) is 3.99. The smallest absolute Gasteiger partial charge is 0.357 e. The highest BCUT2D eigenvalue weighted by Gasteiger charge is 2.14. The van der Waals surface area contributed by atoms with Crippen LogP contribution in [0, 0.1) is 0 Å². The molecule has 128 valence electrons. The van der Waals surface area contributed by atoms with Crippen LogP contribution in [0.1, 0.15) is 11.1 Å². The molecular weight excluding hydrogens is 312 g/mol. The van der Waals surface area contributed by atoms with Gasteiger partial charge in [0.25, 0.3) is 0 Å². The molecule has 0 bridgehead atoms. The summed E-state index contributed by atoms with van der Waals surface area (Å²) in [6, 6.07) is 17.5. The Morgan fingerprint density at radius 2 is 1.72 bits per heavy atom. The average Bonchev–Trinajstić information content (AvgIpc) is 2.65. The zero-order valence-electron chi connectivity index (χ0n) is 14.5. The molecule has 0 aromatic heterocycles. The monoisotopic (exact) mass is 334 g/mol. The molecule has 0 radical (unpaired) electrons. The van der Waals surface area contributed by atoms with Crippen molar-refractivity contribution in [1.82, 2.24) is 0 Å². The fourth-order valence-electron chi connectivity index (χ4n) is 2.29. The highest BCUT2D eigenvalue weighted by molar-refractivity contribution is 6.05. The third-order valence-electron chi connectivity index (χ3n) is 3.74. The van der Waals surface area contributed by atoms with E-state index in [1.165, 1.54) is 0 Å². The molecule has 2 aromatic rings. The summed E-state index contributed by atoms with van der Waals surface area (Å²) in [4.78, 5) is 18.4. The number of allylic oxidation sites excluding steroid dienone is 2. The second-order valence-corrected chi connectivity index (χ2v) is 5.68. The Hall–Kier alpha value is -3.11. The van der Waals surface area contributed by atoms with Crippen LogP contribution >= 0.6 is 0 Å². The van der Waals surface area contributed by atoms with Crippen molar-refractivity contribution in [1.29, 1.82) is 0 Å². The third-order valence-corrected chi connectivity index (χ3v) is 3.74. The fraction of sp³-hybridized carbons (Fsp3) is 0.0952. The van der Waals surface area contributed by atoms with Crippen molar-refractivity contribution >= 4 is 23.3 Å². The van der Waals surface area contributed by atoms with Gasteiger partial charge < -0.3 is 9.74 Å². The second kappa shape index (κ2) is 8.66. The van der Waals surface area contributed by atoms with Crippen LogP contribution < -0.4 is 10.8 Å². The molecular formula is C21H22N2O2. The molecule has 4 heteroatoms. The predicted molar refractivity (Wildman–Crippen MR) is 104 cm³/mol. The van der Waals surface area contributed by atoms with E-state index in [-0.39, 0.29) is 0 Å². The molecule has 0 unspecified atom stereocenters. The molecule has 2 rings (SSSR count). The standard InChI is InChI=1S/C21H22N2O2/c1-16(18-9-5-4-6-10-18)20(21(24)25-22)11-7-8-17-12-14-19(15-13-17)23(2)3/h4-15H,1,22H2,2-3H3/b8-7+,20-11+. The molecule has 0 atom stereocenters. The van der Waals surface area contributed by atoms with Gasteiger partial charge in [-0.3, -0.25) is 0 Å². The van der Waals surface area contributed by atoms with E-state index in [0.717, 1.165) is 16.8 Å². The second-order valence-electron chi connectivity index (χ2n) is 5.68. The van der Waals surface area contributed by atoms with E-state index in [0.29, 0.717) is 11.1 Å². The normalized spacial score (nSPS) is 11.4. The maximum absolute atomic E-state index is 12.0. The van der Waals surface area contributed by atoms with Crippen LogP contribution in [0.25, 0.3) is 11.6 Å². The van der Waals surface area contributed by atoms with Gasteiger partial charge in [0.2, 0.25) is 0 Å². The molecule has 0 aliphatic heterocycles. The van der Waals surface area contributed by atoms with E-state index in [2.05, 4.69) is 11.4 Å². The first kappa shape index (κ1) is 18.2. The van der Waals surface area contributed by atoms with Gasteiger partial charge in [0.15, 0.2) is 0 Å². The van der Waals surface area contributed by atoms with Crippen LogP contribution in [0.3, 0.4) is 0 Å². The predicted octanol–water partition coefficient (Wildman–Crippen LogP) is 3.82. The molecule has 4 nitrogen and oxygen atoms in total. The van der Waals surface area contributed by atoms with Crippen molar-refractivity contribution in [3.63, 3.8) is 0 Å². The Kier molecular flexibility index (Phi) is 6.32. The molecule has 0 aliphatic rings. The Labute approximate surface area is 148 Å².